The van der Waals surface area contributed by atoms with Gasteiger partial charge in [0, 0.05) is 30.6 Å². The fourth-order valence-corrected chi connectivity index (χ4v) is 5.74. The highest BCUT2D eigenvalue weighted by Gasteiger charge is 2.41. The van der Waals surface area contributed by atoms with Crippen LogP contribution in [0, 0.1) is 6.92 Å². The Morgan fingerprint density at radius 2 is 1.74 bits per heavy atom. The Morgan fingerprint density at radius 1 is 0.971 bits per heavy atom. The van der Waals surface area contributed by atoms with E-state index in [0.717, 1.165) is 17.5 Å². The van der Waals surface area contributed by atoms with Crippen LogP contribution in [0.25, 0.3) is 0 Å². The molecular formula is C31H38ClNO2. The number of halogens is 1. The molecule has 3 nitrogen and oxygen atoms in total. The van der Waals surface area contributed by atoms with Gasteiger partial charge in [-0.3, -0.25) is 4.90 Å². The fourth-order valence-electron chi connectivity index (χ4n) is 5.74. The second kappa shape index (κ2) is 11.5. The van der Waals surface area contributed by atoms with Gasteiger partial charge in [-0.05, 0) is 79.8 Å². The highest BCUT2D eigenvalue weighted by atomic mass is 35.5. The molecular weight excluding hydrogens is 454 g/mol. The van der Waals surface area contributed by atoms with E-state index in [9.17, 15) is 0 Å². The van der Waals surface area contributed by atoms with Crippen LogP contribution < -0.4 is 9.47 Å². The second-order valence-corrected chi connectivity index (χ2v) is 9.81. The van der Waals surface area contributed by atoms with Crippen LogP contribution in [0.2, 0.25) is 0 Å². The summed E-state index contributed by atoms with van der Waals surface area (Å²) in [5.41, 5.74) is 6.79. The van der Waals surface area contributed by atoms with Gasteiger partial charge in [-0.25, -0.2) is 0 Å². The number of rotatable bonds is 6. The zero-order chi connectivity index (χ0) is 23.5. The van der Waals surface area contributed by atoms with E-state index in [1.54, 1.807) is 7.11 Å². The van der Waals surface area contributed by atoms with Crippen LogP contribution in [0.1, 0.15) is 65.8 Å². The van der Waals surface area contributed by atoms with E-state index < -0.39 is 0 Å². The molecule has 4 unspecified atom stereocenters. The number of para-hydroxylation sites is 1. The quantitative estimate of drug-likeness (QED) is 0.342. The van der Waals surface area contributed by atoms with Gasteiger partial charge in [-0.15, -0.1) is 12.4 Å². The molecule has 0 N–H and O–H groups in total. The number of fused-ring (bicyclic) bond motifs is 2. The summed E-state index contributed by atoms with van der Waals surface area (Å²) < 4.78 is 11.6. The zero-order valence-corrected chi connectivity index (χ0v) is 22.0. The van der Waals surface area contributed by atoms with Crippen LogP contribution in [0.3, 0.4) is 0 Å². The lowest BCUT2D eigenvalue weighted by atomic mass is 9.70. The predicted octanol–water partition coefficient (Wildman–Crippen LogP) is 7.15. The van der Waals surface area contributed by atoms with Crippen LogP contribution in [-0.2, 0) is 6.42 Å². The molecule has 0 amide bonds. The molecule has 6 rings (SSSR count). The first-order chi connectivity index (χ1) is 16.7. The molecule has 2 aliphatic heterocycles. The maximum Gasteiger partial charge on any atom is 0.126 e. The van der Waals surface area contributed by atoms with E-state index in [-0.39, 0.29) is 18.3 Å². The summed E-state index contributed by atoms with van der Waals surface area (Å²) in [6, 6.07) is 25.2. The van der Waals surface area contributed by atoms with Gasteiger partial charge in [-0.1, -0.05) is 54.6 Å². The lowest BCUT2D eigenvalue weighted by Gasteiger charge is -2.34. The molecule has 4 atom stereocenters. The Kier molecular flexibility index (Phi) is 8.41. The van der Waals surface area contributed by atoms with Crippen molar-refractivity contribution >= 4 is 12.4 Å². The van der Waals surface area contributed by atoms with E-state index in [0.29, 0.717) is 12.5 Å². The summed E-state index contributed by atoms with van der Waals surface area (Å²) in [5, 5.41) is 0. The summed E-state index contributed by atoms with van der Waals surface area (Å²) in [4.78, 5) is 2.47. The third kappa shape index (κ3) is 5.52. The van der Waals surface area contributed by atoms with Crippen molar-refractivity contribution in [2.24, 2.45) is 0 Å². The van der Waals surface area contributed by atoms with E-state index in [1.807, 2.05) is 0 Å². The molecule has 3 aromatic carbocycles. The smallest absolute Gasteiger partial charge is 0.126 e. The lowest BCUT2D eigenvalue weighted by Crippen LogP contribution is -2.19. The third-order valence-electron chi connectivity index (χ3n) is 7.74. The Labute approximate surface area is 216 Å². The van der Waals surface area contributed by atoms with Gasteiger partial charge in [0.05, 0.1) is 13.7 Å². The fraction of sp³-hybridized carbons (Fsp3) is 0.419. The van der Waals surface area contributed by atoms with Crippen molar-refractivity contribution in [3.8, 4) is 11.5 Å². The van der Waals surface area contributed by atoms with Crippen molar-refractivity contribution < 1.29 is 9.47 Å². The summed E-state index contributed by atoms with van der Waals surface area (Å²) in [7, 11) is 1.72. The molecule has 2 heterocycles. The molecule has 1 aliphatic carbocycles. The van der Waals surface area contributed by atoms with Crippen molar-refractivity contribution in [2.75, 3.05) is 26.8 Å². The molecule has 2 fully saturated rings. The van der Waals surface area contributed by atoms with Gasteiger partial charge in [0.2, 0.25) is 0 Å². The summed E-state index contributed by atoms with van der Waals surface area (Å²) in [6.45, 7) is 7.70. The molecule has 35 heavy (non-hydrogen) atoms. The van der Waals surface area contributed by atoms with Crippen LogP contribution >= 0.6 is 12.4 Å². The first kappa shape index (κ1) is 25.6. The number of methoxy groups -OCH3 is 1. The van der Waals surface area contributed by atoms with Crippen LogP contribution in [-0.4, -0.2) is 37.7 Å². The number of nitrogens with zero attached hydrogens (tertiary/aromatic N) is 1. The van der Waals surface area contributed by atoms with Gasteiger partial charge in [0.25, 0.3) is 0 Å². The minimum absolute atomic E-state index is 0. The topological polar surface area (TPSA) is 21.5 Å². The molecule has 3 aromatic rings. The maximum absolute atomic E-state index is 6.17. The minimum atomic E-state index is 0. The standard InChI is InChI=1S/C27H30O2.C4H7N.ClH/c1-4-29-27-19(2)9-7-14-25(27)26(21-15-17-22(28-3)18-16-21)24-13-8-11-20-10-5-6-12-23(20)24;1-2-5-3-4(1)5;/h5-7,9-10,12,14-18,24,26H,4,8,11,13H2,1-3H3;4H,1-3H2;1H. The number of hydrogen-bond donors (Lipinski definition) is 0. The third-order valence-corrected chi connectivity index (χ3v) is 7.74. The molecule has 186 valence electrons. The second-order valence-electron chi connectivity index (χ2n) is 9.81. The van der Waals surface area contributed by atoms with E-state index in [4.69, 9.17) is 9.47 Å². The normalized spacial score (nSPS) is 22.1. The molecule has 0 saturated carbocycles. The maximum atomic E-state index is 6.17. The average Bonchev–Trinajstić information content (AvgIpc) is 3.47. The first-order valence-electron chi connectivity index (χ1n) is 12.9. The van der Waals surface area contributed by atoms with Gasteiger partial charge >= 0.3 is 0 Å². The molecule has 3 aliphatic rings. The minimum Gasteiger partial charge on any atom is -0.497 e. The van der Waals surface area contributed by atoms with Crippen molar-refractivity contribution in [3.63, 3.8) is 0 Å². The van der Waals surface area contributed by atoms with Crippen LogP contribution in [0.4, 0.5) is 0 Å². The van der Waals surface area contributed by atoms with E-state index in [2.05, 4.69) is 85.5 Å². The Balaban J connectivity index is 0.000000421. The Bertz CT molecular complexity index is 1100. The van der Waals surface area contributed by atoms with E-state index in [1.165, 1.54) is 66.6 Å². The molecule has 4 heteroatoms. The van der Waals surface area contributed by atoms with E-state index >= 15 is 0 Å². The van der Waals surface area contributed by atoms with Crippen molar-refractivity contribution in [1.29, 1.82) is 0 Å². The molecule has 0 spiro atoms. The number of benzene rings is 3. The molecule has 2 saturated heterocycles. The molecule has 0 bridgehead atoms. The average molecular weight is 492 g/mol. The van der Waals surface area contributed by atoms with Crippen LogP contribution in [0.5, 0.6) is 11.5 Å². The first-order valence-corrected chi connectivity index (χ1v) is 12.9. The van der Waals surface area contributed by atoms with Gasteiger partial charge in [-0.2, -0.15) is 0 Å². The molecule has 0 aromatic heterocycles. The SMILES string of the molecule is C1CN2CC12.CCOc1c(C)cccc1C(c1ccc(OC)cc1)C1CCCc2ccccc21.Cl. The van der Waals surface area contributed by atoms with Crippen molar-refractivity contribution in [3.05, 3.63) is 94.5 Å². The summed E-state index contributed by atoms with van der Waals surface area (Å²) in [5.74, 6) is 2.63. The van der Waals surface area contributed by atoms with Crippen LogP contribution in [0.15, 0.2) is 66.7 Å². The van der Waals surface area contributed by atoms with Crippen molar-refractivity contribution in [2.45, 2.75) is 57.4 Å². The predicted molar refractivity (Wildman–Crippen MR) is 147 cm³/mol. The summed E-state index contributed by atoms with van der Waals surface area (Å²) >= 11 is 0. The number of ether oxygens (including phenoxy) is 2. The largest absolute Gasteiger partial charge is 0.497 e. The summed E-state index contributed by atoms with van der Waals surface area (Å²) in [6.07, 6.45) is 5.07. The number of hydrogen-bond acceptors (Lipinski definition) is 3. The lowest BCUT2D eigenvalue weighted by molar-refractivity contribution is 0.330. The van der Waals surface area contributed by atoms with Gasteiger partial charge in [0.15, 0.2) is 0 Å². The highest BCUT2D eigenvalue weighted by molar-refractivity contribution is 5.85. The molecule has 0 radical (unpaired) electrons. The monoisotopic (exact) mass is 491 g/mol. The Hall–Kier alpha value is -2.49. The van der Waals surface area contributed by atoms with Crippen molar-refractivity contribution in [1.82, 2.24) is 4.90 Å². The Morgan fingerprint density at radius 3 is 2.37 bits per heavy atom. The zero-order valence-electron chi connectivity index (χ0n) is 21.2. The highest BCUT2D eigenvalue weighted by Crippen LogP contribution is 2.48. The van der Waals surface area contributed by atoms with Gasteiger partial charge in [0.1, 0.15) is 11.5 Å². The number of aryl methyl sites for hydroxylation is 2. The van der Waals surface area contributed by atoms with Gasteiger partial charge < -0.3 is 9.47 Å².